The molecule has 0 amide bonds. The van der Waals surface area contributed by atoms with Gasteiger partial charge in [-0.2, -0.15) is 0 Å². The van der Waals surface area contributed by atoms with Crippen LogP contribution in [0, 0.1) is 0 Å². The van der Waals surface area contributed by atoms with Crippen molar-refractivity contribution in [3.8, 4) is 11.5 Å². The number of benzene rings is 1. The molecule has 0 fully saturated rings. The van der Waals surface area contributed by atoms with E-state index >= 15 is 0 Å². The first-order chi connectivity index (χ1) is 5.77. The number of aliphatic hydroxyl groups is 1. The first kappa shape index (κ1) is 7.43. The van der Waals surface area contributed by atoms with E-state index in [0.29, 0.717) is 5.75 Å². The highest BCUT2D eigenvalue weighted by Crippen LogP contribution is 2.33. The molecule has 0 bridgehead atoms. The number of rotatable bonds is 1. The van der Waals surface area contributed by atoms with Gasteiger partial charge in [0.25, 0.3) is 0 Å². The Hall–Kier alpha value is -1.22. The van der Waals surface area contributed by atoms with Crippen LogP contribution in [0.3, 0.4) is 0 Å². The molecule has 0 aromatic heterocycles. The molecule has 1 aliphatic heterocycles. The maximum atomic E-state index is 9.26. The second kappa shape index (κ2) is 2.68. The van der Waals surface area contributed by atoms with Crippen molar-refractivity contribution in [2.75, 3.05) is 6.79 Å². The molecule has 1 N–H and O–H groups in total. The van der Waals surface area contributed by atoms with Gasteiger partial charge in [0.1, 0.15) is 0 Å². The summed E-state index contributed by atoms with van der Waals surface area (Å²) < 4.78 is 10.3. The summed E-state index contributed by atoms with van der Waals surface area (Å²) in [6.07, 6.45) is -0.459. The largest absolute Gasteiger partial charge is 0.454 e. The first-order valence-corrected chi connectivity index (χ1v) is 3.85. The Balaban J connectivity index is 2.39. The summed E-state index contributed by atoms with van der Waals surface area (Å²) in [5.74, 6) is 1.47. The molecule has 0 saturated heterocycles. The molecule has 3 heteroatoms. The summed E-state index contributed by atoms with van der Waals surface area (Å²) in [7, 11) is 0. The molecule has 0 radical (unpaired) electrons. The molecule has 0 saturated carbocycles. The fourth-order valence-corrected chi connectivity index (χ4v) is 1.17. The monoisotopic (exact) mass is 166 g/mol. The predicted molar refractivity (Wildman–Crippen MR) is 43.2 cm³/mol. The summed E-state index contributed by atoms with van der Waals surface area (Å²) in [5.41, 5.74) is 0.847. The van der Waals surface area contributed by atoms with Gasteiger partial charge in [0.2, 0.25) is 6.79 Å². The van der Waals surface area contributed by atoms with Crippen LogP contribution in [0.25, 0.3) is 0 Å². The zero-order chi connectivity index (χ0) is 8.55. The van der Waals surface area contributed by atoms with Gasteiger partial charge >= 0.3 is 0 Å². The third kappa shape index (κ3) is 1.12. The lowest BCUT2D eigenvalue weighted by molar-refractivity contribution is 0.173. The Labute approximate surface area is 70.5 Å². The Morgan fingerprint density at radius 1 is 1.33 bits per heavy atom. The Bertz CT molecular complexity index is 294. The lowest BCUT2D eigenvalue weighted by Gasteiger charge is -2.04. The molecule has 1 aromatic carbocycles. The van der Waals surface area contributed by atoms with Crippen LogP contribution in [0.2, 0.25) is 0 Å². The molecule has 0 aliphatic carbocycles. The lowest BCUT2D eigenvalue weighted by Crippen LogP contribution is -1.93. The van der Waals surface area contributed by atoms with Crippen LogP contribution in [0.5, 0.6) is 11.5 Å². The quantitative estimate of drug-likeness (QED) is 0.686. The van der Waals surface area contributed by atoms with E-state index in [1.165, 1.54) is 0 Å². The van der Waals surface area contributed by atoms with E-state index in [1.54, 1.807) is 13.0 Å². The molecule has 1 atom stereocenters. The van der Waals surface area contributed by atoms with Gasteiger partial charge in [0.05, 0.1) is 6.10 Å². The highest BCUT2D eigenvalue weighted by Gasteiger charge is 2.14. The van der Waals surface area contributed by atoms with Gasteiger partial charge in [-0.3, -0.25) is 0 Å². The summed E-state index contributed by atoms with van der Waals surface area (Å²) in [6, 6.07) is 5.44. The minimum atomic E-state index is -0.459. The van der Waals surface area contributed by atoms with Gasteiger partial charge in [-0.15, -0.1) is 0 Å². The number of hydrogen-bond acceptors (Lipinski definition) is 3. The van der Waals surface area contributed by atoms with Crippen LogP contribution in [0.4, 0.5) is 0 Å². The zero-order valence-electron chi connectivity index (χ0n) is 6.78. The van der Waals surface area contributed by atoms with Crippen LogP contribution in [0.1, 0.15) is 18.6 Å². The maximum Gasteiger partial charge on any atom is 0.231 e. The Kier molecular flexibility index (Phi) is 1.66. The van der Waals surface area contributed by atoms with Crippen LogP contribution in [-0.4, -0.2) is 11.9 Å². The predicted octanol–water partition coefficient (Wildman–Crippen LogP) is 1.47. The molecule has 3 nitrogen and oxygen atoms in total. The van der Waals surface area contributed by atoms with E-state index in [1.807, 2.05) is 12.1 Å². The standard InChI is InChI=1S/C9H10O3/c1-6(10)7-2-3-8-9(4-7)12-5-11-8/h2-4,6,10H,5H2,1H3/t6-/m1/s1. The van der Waals surface area contributed by atoms with E-state index in [9.17, 15) is 5.11 Å². The molecule has 1 aromatic rings. The molecular formula is C9H10O3. The number of fused-ring (bicyclic) bond motifs is 1. The third-order valence-corrected chi connectivity index (χ3v) is 1.88. The zero-order valence-corrected chi connectivity index (χ0v) is 6.78. The average molecular weight is 166 g/mol. The van der Waals surface area contributed by atoms with E-state index in [4.69, 9.17) is 9.47 Å². The van der Waals surface area contributed by atoms with Crippen molar-refractivity contribution in [2.45, 2.75) is 13.0 Å². The van der Waals surface area contributed by atoms with Gasteiger partial charge in [0.15, 0.2) is 11.5 Å². The van der Waals surface area contributed by atoms with Gasteiger partial charge in [-0.25, -0.2) is 0 Å². The van der Waals surface area contributed by atoms with Crippen molar-refractivity contribution < 1.29 is 14.6 Å². The molecule has 12 heavy (non-hydrogen) atoms. The number of aliphatic hydroxyl groups excluding tert-OH is 1. The van der Waals surface area contributed by atoms with Gasteiger partial charge in [0, 0.05) is 0 Å². The van der Waals surface area contributed by atoms with E-state index in [0.717, 1.165) is 11.3 Å². The van der Waals surface area contributed by atoms with Crippen molar-refractivity contribution >= 4 is 0 Å². The van der Waals surface area contributed by atoms with Crippen molar-refractivity contribution in [3.05, 3.63) is 23.8 Å². The summed E-state index contributed by atoms with van der Waals surface area (Å²) in [4.78, 5) is 0. The Morgan fingerprint density at radius 2 is 2.08 bits per heavy atom. The van der Waals surface area contributed by atoms with E-state index < -0.39 is 6.10 Å². The normalized spacial score (nSPS) is 16.2. The highest BCUT2D eigenvalue weighted by molar-refractivity contribution is 5.44. The molecule has 0 spiro atoms. The second-order valence-electron chi connectivity index (χ2n) is 2.79. The van der Waals surface area contributed by atoms with Crippen molar-refractivity contribution in [1.29, 1.82) is 0 Å². The smallest absolute Gasteiger partial charge is 0.231 e. The molecule has 2 rings (SSSR count). The van der Waals surface area contributed by atoms with Crippen molar-refractivity contribution in [2.24, 2.45) is 0 Å². The van der Waals surface area contributed by atoms with Crippen LogP contribution in [-0.2, 0) is 0 Å². The first-order valence-electron chi connectivity index (χ1n) is 3.85. The topological polar surface area (TPSA) is 38.7 Å². The molecule has 0 unspecified atom stereocenters. The molecular weight excluding hydrogens is 156 g/mol. The fourth-order valence-electron chi connectivity index (χ4n) is 1.17. The number of hydrogen-bond donors (Lipinski definition) is 1. The number of ether oxygens (including phenoxy) is 2. The van der Waals surface area contributed by atoms with Crippen LogP contribution >= 0.6 is 0 Å². The van der Waals surface area contributed by atoms with Crippen LogP contribution in [0.15, 0.2) is 18.2 Å². The highest BCUT2D eigenvalue weighted by atomic mass is 16.7. The fraction of sp³-hybridized carbons (Fsp3) is 0.333. The van der Waals surface area contributed by atoms with Crippen LogP contribution < -0.4 is 9.47 Å². The summed E-state index contributed by atoms with van der Waals surface area (Å²) >= 11 is 0. The van der Waals surface area contributed by atoms with E-state index in [-0.39, 0.29) is 6.79 Å². The summed E-state index contributed by atoms with van der Waals surface area (Å²) in [6.45, 7) is 2.00. The second-order valence-corrected chi connectivity index (χ2v) is 2.79. The van der Waals surface area contributed by atoms with E-state index in [2.05, 4.69) is 0 Å². The third-order valence-electron chi connectivity index (χ3n) is 1.88. The Morgan fingerprint density at radius 3 is 2.83 bits per heavy atom. The van der Waals surface area contributed by atoms with Crippen molar-refractivity contribution in [1.82, 2.24) is 0 Å². The minimum absolute atomic E-state index is 0.276. The lowest BCUT2D eigenvalue weighted by atomic mass is 10.1. The molecule has 1 heterocycles. The van der Waals surface area contributed by atoms with Crippen molar-refractivity contribution in [3.63, 3.8) is 0 Å². The molecule has 64 valence electrons. The summed E-state index contributed by atoms with van der Waals surface area (Å²) in [5, 5.41) is 9.26. The van der Waals surface area contributed by atoms with Gasteiger partial charge < -0.3 is 14.6 Å². The molecule has 1 aliphatic rings. The average Bonchev–Trinajstić information content (AvgIpc) is 2.49. The van der Waals surface area contributed by atoms with Gasteiger partial charge in [-0.1, -0.05) is 6.07 Å². The minimum Gasteiger partial charge on any atom is -0.454 e. The maximum absolute atomic E-state index is 9.26. The van der Waals surface area contributed by atoms with Gasteiger partial charge in [-0.05, 0) is 24.6 Å². The SMILES string of the molecule is C[C@@H](O)c1ccc2c(c1)OCO2.